The van der Waals surface area contributed by atoms with E-state index in [0.717, 1.165) is 5.56 Å². The number of nitro benzene ring substituents is 1. The van der Waals surface area contributed by atoms with Crippen molar-refractivity contribution in [3.05, 3.63) is 70.3 Å². The first-order valence-electron chi connectivity index (χ1n) is 12.5. The van der Waals surface area contributed by atoms with E-state index in [1.54, 1.807) is 0 Å². The second-order valence-electron chi connectivity index (χ2n) is 9.12. The summed E-state index contributed by atoms with van der Waals surface area (Å²) in [7, 11) is 0. The number of rotatable bonds is 12. The molecule has 2 aromatic rings. The molecule has 3 amide bonds. The second kappa shape index (κ2) is 13.5. The molecule has 0 bridgehead atoms. The molecule has 0 aromatic heterocycles. The molecule has 0 saturated carbocycles. The van der Waals surface area contributed by atoms with Gasteiger partial charge >= 0.3 is 0 Å². The first-order chi connectivity index (χ1) is 17.8. The number of hydrogen-bond donors (Lipinski definition) is 4. The normalized spacial score (nSPS) is 16.6. The Morgan fingerprint density at radius 3 is 2.43 bits per heavy atom. The summed E-state index contributed by atoms with van der Waals surface area (Å²) in [5.41, 5.74) is 13.0. The standard InChI is InChI=1S/C26H34N6O5/c27-15-5-4-9-22(24(33)29-19-11-13-20(14-12-19)32(36)37)30-25(34)23-10-6-16-31(23)26(35)21(28)17-18-7-2-1-3-8-18/h1-3,7-8,11-14,21-23H,4-6,9-10,15-17,27-28H2,(H,29,33)(H,30,34)/t21-,22+,23+/m1/s1. The topological polar surface area (TPSA) is 174 Å². The lowest BCUT2D eigenvalue weighted by Crippen LogP contribution is -2.54. The van der Waals surface area contributed by atoms with Crippen LogP contribution in [0.2, 0.25) is 0 Å². The summed E-state index contributed by atoms with van der Waals surface area (Å²) >= 11 is 0. The number of nitrogens with two attached hydrogens (primary N) is 2. The molecule has 3 atom stereocenters. The predicted molar refractivity (Wildman–Crippen MR) is 139 cm³/mol. The van der Waals surface area contributed by atoms with Gasteiger partial charge in [0.1, 0.15) is 12.1 Å². The van der Waals surface area contributed by atoms with E-state index in [1.165, 1.54) is 29.2 Å². The van der Waals surface area contributed by atoms with Gasteiger partial charge in [-0.2, -0.15) is 0 Å². The van der Waals surface area contributed by atoms with Gasteiger partial charge in [0, 0.05) is 24.4 Å². The molecule has 1 aliphatic heterocycles. The van der Waals surface area contributed by atoms with Crippen LogP contribution in [0.5, 0.6) is 0 Å². The first-order valence-corrected chi connectivity index (χ1v) is 12.5. The van der Waals surface area contributed by atoms with Gasteiger partial charge in [0.2, 0.25) is 17.7 Å². The molecule has 6 N–H and O–H groups in total. The number of nitrogens with one attached hydrogen (secondary N) is 2. The smallest absolute Gasteiger partial charge is 0.269 e. The van der Waals surface area contributed by atoms with Crippen molar-refractivity contribution >= 4 is 29.1 Å². The molecule has 1 saturated heterocycles. The fourth-order valence-electron chi connectivity index (χ4n) is 4.40. The van der Waals surface area contributed by atoms with Crippen molar-refractivity contribution < 1.29 is 19.3 Å². The van der Waals surface area contributed by atoms with Crippen LogP contribution >= 0.6 is 0 Å². The van der Waals surface area contributed by atoms with Crippen molar-refractivity contribution in [2.75, 3.05) is 18.4 Å². The summed E-state index contributed by atoms with van der Waals surface area (Å²) in [5.74, 6) is -1.15. The maximum Gasteiger partial charge on any atom is 0.269 e. The van der Waals surface area contributed by atoms with Gasteiger partial charge in [-0.1, -0.05) is 30.3 Å². The second-order valence-corrected chi connectivity index (χ2v) is 9.12. The highest BCUT2D eigenvalue weighted by Crippen LogP contribution is 2.20. The summed E-state index contributed by atoms with van der Waals surface area (Å²) < 4.78 is 0. The number of nitrogens with zero attached hydrogens (tertiary/aromatic N) is 2. The average molecular weight is 511 g/mol. The molecule has 3 rings (SSSR count). The van der Waals surface area contributed by atoms with E-state index in [4.69, 9.17) is 11.5 Å². The van der Waals surface area contributed by atoms with E-state index >= 15 is 0 Å². The van der Waals surface area contributed by atoms with Gasteiger partial charge in [0.15, 0.2) is 0 Å². The third kappa shape index (κ3) is 7.83. The third-order valence-corrected chi connectivity index (χ3v) is 6.38. The summed E-state index contributed by atoms with van der Waals surface area (Å²) in [6, 6.07) is 12.5. The predicted octanol–water partition coefficient (Wildman–Crippen LogP) is 1.71. The zero-order valence-electron chi connectivity index (χ0n) is 20.7. The zero-order valence-corrected chi connectivity index (χ0v) is 20.7. The maximum absolute atomic E-state index is 13.2. The number of unbranched alkanes of at least 4 members (excludes halogenated alkanes) is 1. The highest BCUT2D eigenvalue weighted by molar-refractivity contribution is 5.98. The third-order valence-electron chi connectivity index (χ3n) is 6.38. The van der Waals surface area contributed by atoms with E-state index in [2.05, 4.69) is 10.6 Å². The van der Waals surface area contributed by atoms with Crippen molar-refractivity contribution in [3.8, 4) is 0 Å². The van der Waals surface area contributed by atoms with Crippen molar-refractivity contribution in [1.82, 2.24) is 10.2 Å². The number of carbonyl (C=O) groups is 3. The number of nitro groups is 1. The number of likely N-dealkylation sites (tertiary alicyclic amines) is 1. The molecule has 11 nitrogen and oxygen atoms in total. The van der Waals surface area contributed by atoms with E-state index < -0.39 is 34.9 Å². The monoisotopic (exact) mass is 510 g/mol. The summed E-state index contributed by atoms with van der Waals surface area (Å²) in [4.78, 5) is 51.2. The van der Waals surface area contributed by atoms with Gasteiger partial charge < -0.3 is 27.0 Å². The van der Waals surface area contributed by atoms with Crippen LogP contribution in [0.4, 0.5) is 11.4 Å². The Morgan fingerprint density at radius 2 is 1.78 bits per heavy atom. The Labute approximate surface area is 215 Å². The van der Waals surface area contributed by atoms with E-state index in [9.17, 15) is 24.5 Å². The number of anilines is 1. The van der Waals surface area contributed by atoms with Crippen LogP contribution in [0.1, 0.15) is 37.7 Å². The lowest BCUT2D eigenvalue weighted by atomic mass is 10.0. The minimum atomic E-state index is -0.857. The number of amides is 3. The van der Waals surface area contributed by atoms with Gasteiger partial charge in [0.05, 0.1) is 11.0 Å². The number of carbonyl (C=O) groups excluding carboxylic acids is 3. The molecule has 198 valence electrons. The van der Waals surface area contributed by atoms with Gasteiger partial charge in [-0.25, -0.2) is 0 Å². The SMILES string of the molecule is NCCCC[C@H](NC(=O)[C@@H]1CCCN1C(=O)[C@H](N)Cc1ccccc1)C(=O)Nc1ccc([N+](=O)[O-])cc1. The molecule has 37 heavy (non-hydrogen) atoms. The molecule has 2 aromatic carbocycles. The Morgan fingerprint density at radius 1 is 1.08 bits per heavy atom. The fraction of sp³-hybridized carbons (Fsp3) is 0.423. The van der Waals surface area contributed by atoms with E-state index in [1.807, 2.05) is 30.3 Å². The summed E-state index contributed by atoms with van der Waals surface area (Å²) in [6.07, 6.45) is 3.16. The van der Waals surface area contributed by atoms with Crippen LogP contribution in [0.25, 0.3) is 0 Å². The Hall–Kier alpha value is -3.83. The molecule has 1 aliphatic rings. The van der Waals surface area contributed by atoms with Gasteiger partial charge in [0.25, 0.3) is 5.69 Å². The minimum Gasteiger partial charge on any atom is -0.343 e. The molecule has 11 heteroatoms. The molecule has 1 heterocycles. The van der Waals surface area contributed by atoms with Crippen LogP contribution in [0, 0.1) is 10.1 Å². The Kier molecular flexibility index (Phi) is 10.1. The maximum atomic E-state index is 13.2. The highest BCUT2D eigenvalue weighted by atomic mass is 16.6. The van der Waals surface area contributed by atoms with Crippen LogP contribution in [0.3, 0.4) is 0 Å². The van der Waals surface area contributed by atoms with Gasteiger partial charge in [-0.3, -0.25) is 24.5 Å². The number of benzene rings is 2. The number of hydrogen-bond acceptors (Lipinski definition) is 7. The number of non-ortho nitro benzene ring substituents is 1. The van der Waals surface area contributed by atoms with Crippen molar-refractivity contribution in [1.29, 1.82) is 0 Å². The molecule has 0 aliphatic carbocycles. The molecule has 0 spiro atoms. The largest absolute Gasteiger partial charge is 0.343 e. The molecular weight excluding hydrogens is 476 g/mol. The highest BCUT2D eigenvalue weighted by Gasteiger charge is 2.37. The lowest BCUT2D eigenvalue weighted by Gasteiger charge is -2.28. The molecule has 0 radical (unpaired) electrons. The van der Waals surface area contributed by atoms with Crippen molar-refractivity contribution in [2.24, 2.45) is 11.5 Å². The lowest BCUT2D eigenvalue weighted by molar-refractivity contribution is -0.384. The first kappa shape index (κ1) is 27.8. The summed E-state index contributed by atoms with van der Waals surface area (Å²) in [6.45, 7) is 0.876. The Bertz CT molecular complexity index is 1080. The zero-order chi connectivity index (χ0) is 26.8. The van der Waals surface area contributed by atoms with E-state index in [0.29, 0.717) is 57.3 Å². The average Bonchev–Trinajstić information content (AvgIpc) is 3.38. The van der Waals surface area contributed by atoms with Crippen LogP contribution in [0.15, 0.2) is 54.6 Å². The quantitative estimate of drug-likeness (QED) is 0.191. The van der Waals surface area contributed by atoms with Gasteiger partial charge in [-0.05, 0) is 62.8 Å². The summed E-state index contributed by atoms with van der Waals surface area (Å²) in [5, 5.41) is 16.4. The van der Waals surface area contributed by atoms with Crippen LogP contribution < -0.4 is 22.1 Å². The van der Waals surface area contributed by atoms with Crippen LogP contribution in [-0.2, 0) is 20.8 Å². The molecular formula is C26H34N6O5. The fourth-order valence-corrected chi connectivity index (χ4v) is 4.40. The van der Waals surface area contributed by atoms with Crippen LogP contribution in [-0.4, -0.2) is 58.8 Å². The van der Waals surface area contributed by atoms with Crippen molar-refractivity contribution in [2.45, 2.75) is 56.7 Å². The molecule has 0 unspecified atom stereocenters. The Balaban J connectivity index is 1.65. The van der Waals surface area contributed by atoms with Gasteiger partial charge in [-0.15, -0.1) is 0 Å². The van der Waals surface area contributed by atoms with Crippen molar-refractivity contribution in [3.63, 3.8) is 0 Å². The molecule has 1 fully saturated rings. The van der Waals surface area contributed by atoms with E-state index in [-0.39, 0.29) is 11.6 Å². The minimum absolute atomic E-state index is 0.0951.